The van der Waals surface area contributed by atoms with Crippen LogP contribution in [0.2, 0.25) is 0 Å². The Kier molecular flexibility index (Phi) is 4.58. The summed E-state index contributed by atoms with van der Waals surface area (Å²) in [5.74, 6) is 0.965. The van der Waals surface area contributed by atoms with E-state index in [-0.39, 0.29) is 6.10 Å². The lowest BCUT2D eigenvalue weighted by Gasteiger charge is -2.41. The molecule has 0 bridgehead atoms. The summed E-state index contributed by atoms with van der Waals surface area (Å²) in [5.41, 5.74) is 0. The van der Waals surface area contributed by atoms with E-state index in [2.05, 4.69) is 26.7 Å². The molecular formula is C17H22N4O2S. The summed E-state index contributed by atoms with van der Waals surface area (Å²) < 4.78 is 5.95. The Morgan fingerprint density at radius 1 is 1.25 bits per heavy atom. The maximum atomic E-state index is 9.87. The third-order valence-electron chi connectivity index (χ3n) is 4.80. The van der Waals surface area contributed by atoms with Crippen molar-refractivity contribution in [2.75, 3.05) is 19.6 Å². The van der Waals surface area contributed by atoms with Gasteiger partial charge in [0.25, 0.3) is 0 Å². The lowest BCUT2D eigenvalue weighted by molar-refractivity contribution is 0.0476. The number of aliphatic hydroxyl groups excluding tert-OH is 1. The number of hydrogen-bond acceptors (Lipinski definition) is 7. The van der Waals surface area contributed by atoms with E-state index in [9.17, 15) is 5.11 Å². The van der Waals surface area contributed by atoms with Crippen LogP contribution in [0.4, 0.5) is 0 Å². The van der Waals surface area contributed by atoms with E-state index < -0.39 is 0 Å². The number of nitrogens with zero attached hydrogens (tertiary/aromatic N) is 4. The van der Waals surface area contributed by atoms with E-state index >= 15 is 0 Å². The van der Waals surface area contributed by atoms with Crippen LogP contribution < -0.4 is 0 Å². The van der Waals surface area contributed by atoms with Gasteiger partial charge in [-0.2, -0.15) is 0 Å². The molecule has 0 radical (unpaired) electrons. The molecule has 4 heterocycles. The predicted octanol–water partition coefficient (Wildman–Crippen LogP) is 1.86. The van der Waals surface area contributed by atoms with Crippen molar-refractivity contribution in [2.24, 2.45) is 0 Å². The molecule has 0 saturated carbocycles. The van der Waals surface area contributed by atoms with Gasteiger partial charge in [-0.1, -0.05) is 0 Å². The summed E-state index contributed by atoms with van der Waals surface area (Å²) in [4.78, 5) is 13.3. The maximum Gasteiger partial charge on any atom is 0.195 e. The molecule has 2 aromatic heterocycles. The van der Waals surface area contributed by atoms with Crippen LogP contribution in [0.25, 0.3) is 0 Å². The molecule has 2 fully saturated rings. The number of hydrogen-bond donors (Lipinski definition) is 1. The highest BCUT2D eigenvalue weighted by molar-refractivity contribution is 7.99. The summed E-state index contributed by atoms with van der Waals surface area (Å²) in [7, 11) is 0. The van der Waals surface area contributed by atoms with Crippen LogP contribution in [0.5, 0.6) is 0 Å². The Balaban J connectivity index is 1.39. The number of aliphatic hydroxyl groups is 1. The molecular weight excluding hydrogens is 324 g/mol. The fourth-order valence-corrected chi connectivity index (χ4v) is 4.32. The molecule has 2 aromatic rings. The molecule has 2 aliphatic rings. The van der Waals surface area contributed by atoms with Crippen LogP contribution in [-0.4, -0.2) is 62.7 Å². The Bertz CT molecular complexity index is 680. The van der Waals surface area contributed by atoms with E-state index in [0.29, 0.717) is 17.2 Å². The van der Waals surface area contributed by atoms with Crippen molar-refractivity contribution >= 4 is 11.8 Å². The summed E-state index contributed by atoms with van der Waals surface area (Å²) in [6.45, 7) is 5.88. The molecule has 1 N–H and O–H groups in total. The van der Waals surface area contributed by atoms with Crippen molar-refractivity contribution in [3.8, 4) is 0 Å². The quantitative estimate of drug-likeness (QED) is 0.848. The summed E-state index contributed by atoms with van der Waals surface area (Å²) in [6, 6.07) is 6.76. The zero-order valence-electron chi connectivity index (χ0n) is 13.7. The number of piperazine rings is 1. The fourth-order valence-electron chi connectivity index (χ4n) is 3.62. The molecule has 6 nitrogen and oxygen atoms in total. The maximum absolute atomic E-state index is 9.87. The zero-order chi connectivity index (χ0) is 16.5. The van der Waals surface area contributed by atoms with E-state index in [1.54, 1.807) is 18.5 Å². The molecule has 24 heavy (non-hydrogen) atoms. The topological polar surface area (TPSA) is 65.6 Å². The Hall–Kier alpha value is -1.41. The summed E-state index contributed by atoms with van der Waals surface area (Å²) >= 11 is 1.44. The first kappa shape index (κ1) is 16.1. The molecule has 0 aliphatic carbocycles. The number of rotatable bonds is 4. The van der Waals surface area contributed by atoms with E-state index in [1.807, 2.05) is 12.1 Å². The number of fused-ring (bicyclic) bond motifs is 1. The highest BCUT2D eigenvalue weighted by Crippen LogP contribution is 2.29. The molecule has 0 unspecified atom stereocenters. The monoisotopic (exact) mass is 346 g/mol. The smallest absolute Gasteiger partial charge is 0.195 e. The molecule has 2 aliphatic heterocycles. The second kappa shape index (κ2) is 6.84. The standard InChI is InChI=1S/C17H22N4O2S/c1-12-8-21-10-14(22)7-13(21)9-20(12)11-15-3-4-16(23-15)24-17-18-5-2-6-19-17/h2-6,12-14,22H,7-11H2,1H3/t12-,13+,14-/m1/s1. The van der Waals surface area contributed by atoms with Gasteiger partial charge in [0.05, 0.1) is 12.6 Å². The summed E-state index contributed by atoms with van der Waals surface area (Å²) in [6.07, 6.45) is 4.18. The lowest BCUT2D eigenvalue weighted by Crippen LogP contribution is -2.54. The minimum absolute atomic E-state index is 0.167. The molecule has 2 saturated heterocycles. The fraction of sp³-hybridized carbons (Fsp3) is 0.529. The van der Waals surface area contributed by atoms with Crippen molar-refractivity contribution in [2.45, 2.75) is 48.3 Å². The van der Waals surface area contributed by atoms with E-state index in [0.717, 1.165) is 43.5 Å². The van der Waals surface area contributed by atoms with Gasteiger partial charge >= 0.3 is 0 Å². The highest BCUT2D eigenvalue weighted by atomic mass is 32.2. The van der Waals surface area contributed by atoms with Crippen LogP contribution >= 0.6 is 11.8 Å². The van der Waals surface area contributed by atoms with Crippen LogP contribution in [-0.2, 0) is 6.54 Å². The average Bonchev–Trinajstić information content (AvgIpc) is 3.14. The van der Waals surface area contributed by atoms with Crippen LogP contribution in [0.3, 0.4) is 0 Å². The predicted molar refractivity (Wildman–Crippen MR) is 90.7 cm³/mol. The molecule has 4 rings (SSSR count). The van der Waals surface area contributed by atoms with E-state index in [1.165, 1.54) is 11.8 Å². The van der Waals surface area contributed by atoms with Crippen molar-refractivity contribution in [3.63, 3.8) is 0 Å². The molecule has 7 heteroatoms. The molecule has 128 valence electrons. The van der Waals surface area contributed by atoms with Crippen LogP contribution in [0.1, 0.15) is 19.1 Å². The van der Waals surface area contributed by atoms with Gasteiger partial charge in [-0.25, -0.2) is 9.97 Å². The first-order valence-electron chi connectivity index (χ1n) is 8.37. The van der Waals surface area contributed by atoms with Crippen LogP contribution in [0.15, 0.2) is 45.3 Å². The first-order valence-corrected chi connectivity index (χ1v) is 9.19. The van der Waals surface area contributed by atoms with Gasteiger partial charge in [0, 0.05) is 44.1 Å². The van der Waals surface area contributed by atoms with Gasteiger partial charge < -0.3 is 9.52 Å². The minimum Gasteiger partial charge on any atom is -0.453 e. The number of aromatic nitrogens is 2. The SMILES string of the molecule is C[C@@H]1CN2C[C@H](O)C[C@H]2CN1Cc1ccc(Sc2ncccn2)o1. The van der Waals surface area contributed by atoms with Gasteiger partial charge in [0.15, 0.2) is 10.2 Å². The Morgan fingerprint density at radius 3 is 2.92 bits per heavy atom. The van der Waals surface area contributed by atoms with Crippen molar-refractivity contribution < 1.29 is 9.52 Å². The van der Waals surface area contributed by atoms with E-state index in [4.69, 9.17) is 4.42 Å². The minimum atomic E-state index is -0.167. The van der Waals surface area contributed by atoms with Gasteiger partial charge in [0.2, 0.25) is 0 Å². The highest BCUT2D eigenvalue weighted by Gasteiger charge is 2.38. The largest absolute Gasteiger partial charge is 0.453 e. The van der Waals surface area contributed by atoms with Gasteiger partial charge in [-0.05, 0) is 43.3 Å². The molecule has 0 spiro atoms. The van der Waals surface area contributed by atoms with Crippen molar-refractivity contribution in [1.29, 1.82) is 0 Å². The third-order valence-corrected chi connectivity index (χ3v) is 5.62. The van der Waals surface area contributed by atoms with Crippen molar-refractivity contribution in [3.05, 3.63) is 36.4 Å². The van der Waals surface area contributed by atoms with Crippen LogP contribution in [0, 0.1) is 0 Å². The second-order valence-corrected chi connectivity index (χ2v) is 7.60. The average molecular weight is 346 g/mol. The van der Waals surface area contributed by atoms with Gasteiger partial charge in [-0.3, -0.25) is 9.80 Å². The van der Waals surface area contributed by atoms with Gasteiger partial charge in [0.1, 0.15) is 5.76 Å². The van der Waals surface area contributed by atoms with Gasteiger partial charge in [-0.15, -0.1) is 0 Å². The Morgan fingerprint density at radius 2 is 2.08 bits per heavy atom. The zero-order valence-corrected chi connectivity index (χ0v) is 14.5. The third kappa shape index (κ3) is 3.49. The normalized spacial score (nSPS) is 28.2. The lowest BCUT2D eigenvalue weighted by atomic mass is 10.1. The van der Waals surface area contributed by atoms with Crippen molar-refractivity contribution in [1.82, 2.24) is 19.8 Å². The number of furan rings is 1. The summed E-state index contributed by atoms with van der Waals surface area (Å²) in [5, 5.41) is 11.4. The second-order valence-electron chi connectivity index (χ2n) is 6.63. The molecule has 0 amide bonds. The molecule has 3 atom stereocenters. The Labute approximate surface area is 145 Å². The molecule has 0 aromatic carbocycles. The first-order chi connectivity index (χ1) is 11.7.